The van der Waals surface area contributed by atoms with E-state index in [9.17, 15) is 13.2 Å². The molecule has 1 aliphatic heterocycles. The van der Waals surface area contributed by atoms with Crippen molar-refractivity contribution in [3.05, 3.63) is 89.8 Å². The Balaban J connectivity index is 1.25. The minimum absolute atomic E-state index is 0.154. The van der Waals surface area contributed by atoms with Gasteiger partial charge in [-0.25, -0.2) is 13.4 Å². The Kier molecular flexibility index (Phi) is 7.21. The molecule has 0 spiro atoms. The number of sulfonamides is 1. The normalized spacial score (nSPS) is 18.4. The lowest BCUT2D eigenvalue weighted by Gasteiger charge is -2.34. The molecule has 2 unspecified atom stereocenters. The van der Waals surface area contributed by atoms with Crippen LogP contribution < -0.4 is 5.32 Å². The number of benzene rings is 3. The topological polar surface area (TPSA) is 88.6 Å². The molecule has 5 rings (SSSR count). The molecule has 1 amide bonds. The van der Waals surface area contributed by atoms with Crippen LogP contribution in [0.4, 0.5) is 5.13 Å². The Morgan fingerprint density at radius 1 is 0.892 bits per heavy atom. The van der Waals surface area contributed by atoms with Crippen molar-refractivity contribution in [2.24, 2.45) is 0 Å². The van der Waals surface area contributed by atoms with Gasteiger partial charge in [0.2, 0.25) is 10.0 Å². The number of hydrogen-bond donors (Lipinski definition) is 1. The summed E-state index contributed by atoms with van der Waals surface area (Å²) in [5.74, 6) is -0.349. The van der Waals surface area contributed by atoms with Crippen molar-refractivity contribution in [1.82, 2.24) is 9.29 Å². The van der Waals surface area contributed by atoms with Gasteiger partial charge in [0.15, 0.2) is 5.13 Å². The van der Waals surface area contributed by atoms with Crippen molar-refractivity contribution in [2.75, 3.05) is 18.4 Å². The summed E-state index contributed by atoms with van der Waals surface area (Å²) in [5.41, 5.74) is 4.35. The number of nitrogens with one attached hydrogen (secondary N) is 1. The van der Waals surface area contributed by atoms with Gasteiger partial charge in [0, 0.05) is 29.6 Å². The van der Waals surface area contributed by atoms with Crippen LogP contribution >= 0.6 is 11.3 Å². The molecule has 1 N–H and O–H groups in total. The zero-order valence-corrected chi connectivity index (χ0v) is 22.1. The molecule has 190 valence electrons. The summed E-state index contributed by atoms with van der Waals surface area (Å²) in [4.78, 5) is 17.5. The van der Waals surface area contributed by atoms with E-state index in [0.717, 1.165) is 22.4 Å². The summed E-state index contributed by atoms with van der Waals surface area (Å²) in [6.07, 6.45) is -0.345. The second kappa shape index (κ2) is 10.5. The molecule has 9 heteroatoms. The van der Waals surface area contributed by atoms with Gasteiger partial charge in [-0.15, -0.1) is 11.3 Å². The van der Waals surface area contributed by atoms with Crippen LogP contribution in [0.5, 0.6) is 0 Å². The highest BCUT2D eigenvalue weighted by Crippen LogP contribution is 2.28. The Morgan fingerprint density at radius 2 is 1.49 bits per heavy atom. The van der Waals surface area contributed by atoms with Gasteiger partial charge >= 0.3 is 0 Å². The molecule has 37 heavy (non-hydrogen) atoms. The quantitative estimate of drug-likeness (QED) is 0.352. The van der Waals surface area contributed by atoms with Crippen LogP contribution in [0, 0.1) is 0 Å². The minimum atomic E-state index is -3.67. The van der Waals surface area contributed by atoms with Gasteiger partial charge < -0.3 is 4.74 Å². The van der Waals surface area contributed by atoms with Crippen LogP contribution in [-0.2, 0) is 14.8 Å². The number of hydrogen-bond acceptors (Lipinski definition) is 6. The average Bonchev–Trinajstić information content (AvgIpc) is 3.37. The van der Waals surface area contributed by atoms with E-state index in [0.29, 0.717) is 23.8 Å². The smallest absolute Gasteiger partial charge is 0.257 e. The summed E-state index contributed by atoms with van der Waals surface area (Å²) in [6, 6.07) is 24.2. The van der Waals surface area contributed by atoms with Crippen molar-refractivity contribution in [2.45, 2.75) is 31.0 Å². The van der Waals surface area contributed by atoms with E-state index in [4.69, 9.17) is 4.74 Å². The largest absolute Gasteiger partial charge is 0.373 e. The molecule has 0 bridgehead atoms. The van der Waals surface area contributed by atoms with Crippen molar-refractivity contribution in [3.63, 3.8) is 0 Å². The van der Waals surface area contributed by atoms with Crippen molar-refractivity contribution in [1.29, 1.82) is 0 Å². The number of anilines is 1. The van der Waals surface area contributed by atoms with Gasteiger partial charge in [-0.3, -0.25) is 10.1 Å². The van der Waals surface area contributed by atoms with E-state index in [1.54, 1.807) is 0 Å². The predicted octanol–water partition coefficient (Wildman–Crippen LogP) is 5.53. The number of rotatable bonds is 6. The number of nitrogens with zero attached hydrogens (tertiary/aromatic N) is 2. The van der Waals surface area contributed by atoms with Crippen LogP contribution in [0.15, 0.2) is 89.1 Å². The summed E-state index contributed by atoms with van der Waals surface area (Å²) in [5, 5.41) is 5.18. The highest BCUT2D eigenvalue weighted by atomic mass is 32.2. The van der Waals surface area contributed by atoms with Crippen molar-refractivity contribution in [3.8, 4) is 22.4 Å². The highest BCUT2D eigenvalue weighted by molar-refractivity contribution is 7.89. The first-order valence-electron chi connectivity index (χ1n) is 12.0. The monoisotopic (exact) mass is 533 g/mol. The number of ether oxygens (including phenoxy) is 1. The second-order valence-electron chi connectivity index (χ2n) is 9.04. The number of morpholine rings is 1. The Labute approximate surface area is 220 Å². The third-order valence-electron chi connectivity index (χ3n) is 6.15. The molecular weight excluding hydrogens is 506 g/mol. The maximum absolute atomic E-state index is 13.1. The van der Waals surface area contributed by atoms with E-state index < -0.39 is 10.0 Å². The summed E-state index contributed by atoms with van der Waals surface area (Å²) in [6.45, 7) is 4.32. The van der Waals surface area contributed by atoms with Crippen molar-refractivity contribution < 1.29 is 17.9 Å². The Morgan fingerprint density at radius 3 is 2.14 bits per heavy atom. The summed E-state index contributed by atoms with van der Waals surface area (Å²) >= 11 is 1.34. The number of carbonyl (C=O) groups excluding carboxylic acids is 1. The molecular formula is C28H27N3O4S2. The van der Waals surface area contributed by atoms with E-state index >= 15 is 0 Å². The van der Waals surface area contributed by atoms with E-state index in [1.165, 1.54) is 39.9 Å². The minimum Gasteiger partial charge on any atom is -0.373 e. The van der Waals surface area contributed by atoms with Gasteiger partial charge in [-0.2, -0.15) is 4.31 Å². The third kappa shape index (κ3) is 5.65. The zero-order chi connectivity index (χ0) is 26.0. The summed E-state index contributed by atoms with van der Waals surface area (Å²) in [7, 11) is -3.67. The highest BCUT2D eigenvalue weighted by Gasteiger charge is 2.32. The van der Waals surface area contributed by atoms with Gasteiger partial charge in [-0.05, 0) is 49.2 Å². The van der Waals surface area contributed by atoms with E-state index in [2.05, 4.69) is 34.6 Å². The molecule has 1 aliphatic rings. The molecule has 4 aromatic rings. The molecule has 0 aliphatic carbocycles. The Bertz CT molecular complexity index is 1470. The lowest BCUT2D eigenvalue weighted by Crippen LogP contribution is -2.48. The van der Waals surface area contributed by atoms with E-state index in [-0.39, 0.29) is 23.0 Å². The molecule has 1 saturated heterocycles. The molecule has 2 heterocycles. The fourth-order valence-corrected chi connectivity index (χ4v) is 6.66. The first-order chi connectivity index (χ1) is 17.8. The third-order valence-corrected chi connectivity index (χ3v) is 8.76. The van der Waals surface area contributed by atoms with Crippen LogP contribution in [0.3, 0.4) is 0 Å². The fourth-order valence-electron chi connectivity index (χ4n) is 4.35. The van der Waals surface area contributed by atoms with E-state index in [1.807, 2.05) is 49.6 Å². The molecule has 7 nitrogen and oxygen atoms in total. The Hall–Kier alpha value is -3.37. The number of amides is 1. The van der Waals surface area contributed by atoms with Crippen LogP contribution in [0.25, 0.3) is 22.4 Å². The first-order valence-corrected chi connectivity index (χ1v) is 14.3. The van der Waals surface area contributed by atoms with Crippen LogP contribution in [0.1, 0.15) is 24.2 Å². The molecule has 0 saturated carbocycles. The van der Waals surface area contributed by atoms with Crippen LogP contribution in [-0.4, -0.2) is 48.9 Å². The average molecular weight is 534 g/mol. The fraction of sp³-hybridized carbons (Fsp3) is 0.214. The molecule has 1 fully saturated rings. The first kappa shape index (κ1) is 25.3. The maximum atomic E-state index is 13.1. The van der Waals surface area contributed by atoms with Gasteiger partial charge in [-0.1, -0.05) is 54.6 Å². The SMILES string of the molecule is CC1CN(S(=O)(=O)c2ccc(C(=O)Nc3nc(-c4ccc(-c5ccccc5)cc4)cs3)cc2)CC(C)O1. The van der Waals surface area contributed by atoms with Gasteiger partial charge in [0.1, 0.15) is 0 Å². The van der Waals surface area contributed by atoms with Crippen LogP contribution in [0.2, 0.25) is 0 Å². The van der Waals surface area contributed by atoms with Crippen molar-refractivity contribution >= 4 is 32.4 Å². The molecule has 1 aromatic heterocycles. The lowest BCUT2D eigenvalue weighted by atomic mass is 10.0. The predicted molar refractivity (Wildman–Crippen MR) is 146 cm³/mol. The standard InChI is InChI=1S/C28H27N3O4S2/c1-19-16-31(17-20(2)35-19)37(33,34)25-14-12-24(13-15-25)27(32)30-28-29-26(18-36-28)23-10-8-22(9-11-23)21-6-4-3-5-7-21/h3-15,18-20H,16-17H2,1-2H3,(H,29,30,32). The number of carbonyl (C=O) groups is 1. The molecule has 0 radical (unpaired) electrons. The zero-order valence-electron chi connectivity index (χ0n) is 20.5. The second-order valence-corrected chi connectivity index (χ2v) is 11.8. The molecule has 3 aromatic carbocycles. The van der Waals surface area contributed by atoms with Gasteiger partial charge in [0.25, 0.3) is 5.91 Å². The maximum Gasteiger partial charge on any atom is 0.257 e. The lowest BCUT2D eigenvalue weighted by molar-refractivity contribution is -0.0440. The molecule has 2 atom stereocenters. The number of aromatic nitrogens is 1. The number of thiazole rings is 1. The summed E-state index contributed by atoms with van der Waals surface area (Å²) < 4.78 is 33.2. The van der Waals surface area contributed by atoms with Gasteiger partial charge in [0.05, 0.1) is 22.8 Å².